The van der Waals surface area contributed by atoms with E-state index in [2.05, 4.69) is 15.3 Å². The molecule has 0 radical (unpaired) electrons. The summed E-state index contributed by atoms with van der Waals surface area (Å²) >= 11 is 1.61. The summed E-state index contributed by atoms with van der Waals surface area (Å²) in [5, 5.41) is 7.38. The number of carbonyl (C=O) groups excluding carboxylic acids is 1. The average Bonchev–Trinajstić information content (AvgIpc) is 3.38. The minimum Gasteiger partial charge on any atom is -0.373 e. The number of pyridine rings is 1. The molecule has 2 aromatic heterocycles. The number of ether oxygens (including phenoxy) is 1. The Bertz CT molecular complexity index is 983. The minimum atomic E-state index is -0.112. The Kier molecular flexibility index (Phi) is 4.49. The summed E-state index contributed by atoms with van der Waals surface area (Å²) in [4.78, 5) is 23.5. The van der Waals surface area contributed by atoms with E-state index in [1.165, 1.54) is 0 Å². The maximum atomic E-state index is 13.0. The molecule has 0 bridgehead atoms. The number of anilines is 1. The first-order valence-corrected chi connectivity index (χ1v) is 10.5. The molecule has 1 N–H and O–H groups in total. The summed E-state index contributed by atoms with van der Waals surface area (Å²) in [6.07, 6.45) is 6.31. The molecule has 0 aliphatic carbocycles. The zero-order valence-electron chi connectivity index (χ0n) is 15.5. The molecule has 28 heavy (non-hydrogen) atoms. The van der Waals surface area contributed by atoms with Crippen LogP contribution >= 0.6 is 11.3 Å². The van der Waals surface area contributed by atoms with Crippen molar-refractivity contribution in [3.8, 4) is 0 Å². The van der Waals surface area contributed by atoms with Gasteiger partial charge in [0.15, 0.2) is 5.13 Å². The van der Waals surface area contributed by atoms with Crippen molar-refractivity contribution in [2.45, 2.75) is 30.9 Å². The summed E-state index contributed by atoms with van der Waals surface area (Å²) < 4.78 is 6.20. The molecule has 3 aromatic rings. The lowest BCUT2D eigenvalue weighted by Crippen LogP contribution is -2.46. The van der Waals surface area contributed by atoms with Gasteiger partial charge >= 0.3 is 0 Å². The number of benzene rings is 1. The maximum Gasteiger partial charge on any atom is 0.253 e. The second-order valence-electron chi connectivity index (χ2n) is 7.58. The number of carbonyl (C=O) groups is 1. The van der Waals surface area contributed by atoms with E-state index in [4.69, 9.17) is 4.74 Å². The molecule has 144 valence electrons. The van der Waals surface area contributed by atoms with Crippen LogP contribution in [-0.4, -0.2) is 52.1 Å². The molecule has 1 spiro atoms. The second kappa shape index (κ2) is 7.14. The van der Waals surface area contributed by atoms with Crippen molar-refractivity contribution in [3.63, 3.8) is 0 Å². The topological polar surface area (TPSA) is 67.4 Å². The molecule has 2 aliphatic heterocycles. The van der Waals surface area contributed by atoms with Gasteiger partial charge < -0.3 is 15.0 Å². The van der Waals surface area contributed by atoms with Gasteiger partial charge in [0.05, 0.1) is 23.8 Å². The number of aromatic nitrogens is 2. The number of fused-ring (bicyclic) bond motifs is 1. The Morgan fingerprint density at radius 1 is 1.21 bits per heavy atom. The van der Waals surface area contributed by atoms with Crippen molar-refractivity contribution in [2.24, 2.45) is 0 Å². The highest BCUT2D eigenvalue weighted by Crippen LogP contribution is 2.37. The molecular formula is C21H22N4O2S. The molecule has 1 unspecified atom stereocenters. The molecule has 2 fully saturated rings. The number of hydrogen-bond acceptors (Lipinski definition) is 6. The van der Waals surface area contributed by atoms with Gasteiger partial charge in [0, 0.05) is 41.8 Å². The van der Waals surface area contributed by atoms with Crippen molar-refractivity contribution in [2.75, 3.05) is 25.0 Å². The lowest BCUT2D eigenvalue weighted by Gasteiger charge is -2.38. The van der Waals surface area contributed by atoms with Crippen molar-refractivity contribution in [1.29, 1.82) is 0 Å². The highest BCUT2D eigenvalue weighted by Gasteiger charge is 2.43. The van der Waals surface area contributed by atoms with Crippen LogP contribution in [0.3, 0.4) is 0 Å². The third-order valence-corrected chi connectivity index (χ3v) is 6.49. The summed E-state index contributed by atoms with van der Waals surface area (Å²) in [5.41, 5.74) is 1.53. The van der Waals surface area contributed by atoms with Crippen LogP contribution in [0.4, 0.5) is 5.13 Å². The van der Waals surface area contributed by atoms with Crippen LogP contribution in [0, 0.1) is 0 Å². The predicted octanol–water partition coefficient (Wildman–Crippen LogP) is 3.57. The third kappa shape index (κ3) is 3.36. The molecule has 2 saturated heterocycles. The lowest BCUT2D eigenvalue weighted by atomic mass is 9.87. The summed E-state index contributed by atoms with van der Waals surface area (Å²) in [6, 6.07) is 9.92. The first kappa shape index (κ1) is 17.6. The number of rotatable bonds is 3. The minimum absolute atomic E-state index is 0.0936. The fourth-order valence-corrected chi connectivity index (χ4v) is 4.87. The van der Waals surface area contributed by atoms with E-state index in [1.54, 1.807) is 17.5 Å². The molecule has 5 rings (SSSR count). The number of nitrogens with zero attached hydrogens (tertiary/aromatic N) is 3. The van der Waals surface area contributed by atoms with E-state index in [-0.39, 0.29) is 11.5 Å². The Morgan fingerprint density at radius 3 is 2.93 bits per heavy atom. The first-order valence-electron chi connectivity index (χ1n) is 9.65. The van der Waals surface area contributed by atoms with Crippen molar-refractivity contribution in [3.05, 3.63) is 53.7 Å². The Labute approximate surface area is 167 Å². The van der Waals surface area contributed by atoms with Gasteiger partial charge in [0.2, 0.25) is 0 Å². The van der Waals surface area contributed by atoms with Crippen LogP contribution in [-0.2, 0) is 4.74 Å². The fraction of sp³-hybridized carbons (Fsp3) is 0.381. The van der Waals surface area contributed by atoms with Gasteiger partial charge in [-0.1, -0.05) is 6.07 Å². The fourth-order valence-electron chi connectivity index (χ4n) is 4.26. The maximum absolute atomic E-state index is 13.0. The summed E-state index contributed by atoms with van der Waals surface area (Å²) in [6.45, 7) is 2.16. The number of nitrogens with one attached hydrogen (secondary N) is 1. The molecule has 7 heteroatoms. The van der Waals surface area contributed by atoms with Crippen molar-refractivity contribution in [1.82, 2.24) is 14.9 Å². The quantitative estimate of drug-likeness (QED) is 0.736. The SMILES string of the molecule is O=C(c1ccc2ncccc2c1)N1CCC2(CC1)CC(Nc1nccs1)CO2. The number of likely N-dealkylation sites (tertiary alicyclic amines) is 1. The van der Waals surface area contributed by atoms with E-state index in [0.29, 0.717) is 12.6 Å². The molecule has 6 nitrogen and oxygen atoms in total. The molecule has 1 amide bonds. The zero-order chi connectivity index (χ0) is 19.0. The highest BCUT2D eigenvalue weighted by molar-refractivity contribution is 7.13. The van der Waals surface area contributed by atoms with Crippen molar-refractivity contribution < 1.29 is 9.53 Å². The molecule has 1 atom stereocenters. The van der Waals surface area contributed by atoms with Gasteiger partial charge in [-0.2, -0.15) is 0 Å². The van der Waals surface area contributed by atoms with E-state index in [0.717, 1.165) is 53.9 Å². The van der Waals surface area contributed by atoms with Gasteiger partial charge in [0.1, 0.15) is 0 Å². The van der Waals surface area contributed by atoms with E-state index in [1.807, 2.05) is 46.8 Å². The average molecular weight is 394 g/mol. The standard InChI is InChI=1S/C21H22N4O2S/c26-19(16-3-4-18-15(12-16)2-1-7-22-18)25-9-5-21(6-10-25)13-17(14-27-21)24-20-23-8-11-28-20/h1-4,7-8,11-12,17H,5-6,9-10,13-14H2,(H,23,24). The van der Waals surface area contributed by atoms with Gasteiger partial charge in [0.25, 0.3) is 5.91 Å². The Hall–Kier alpha value is -2.51. The lowest BCUT2D eigenvalue weighted by molar-refractivity contribution is -0.0388. The Balaban J connectivity index is 1.22. The molecular weight excluding hydrogens is 372 g/mol. The first-order chi connectivity index (χ1) is 13.7. The third-order valence-electron chi connectivity index (χ3n) is 5.78. The van der Waals surface area contributed by atoms with Crippen molar-refractivity contribution >= 4 is 33.3 Å². The van der Waals surface area contributed by atoms with Crippen LogP contribution in [0.15, 0.2) is 48.1 Å². The smallest absolute Gasteiger partial charge is 0.253 e. The van der Waals surface area contributed by atoms with Gasteiger partial charge in [-0.25, -0.2) is 4.98 Å². The van der Waals surface area contributed by atoms with Gasteiger partial charge in [-0.15, -0.1) is 11.3 Å². The summed E-state index contributed by atoms with van der Waals surface area (Å²) in [5.74, 6) is 0.0936. The Morgan fingerprint density at radius 2 is 2.11 bits per heavy atom. The second-order valence-corrected chi connectivity index (χ2v) is 8.47. The highest BCUT2D eigenvalue weighted by atomic mass is 32.1. The zero-order valence-corrected chi connectivity index (χ0v) is 16.3. The molecule has 1 aromatic carbocycles. The van der Waals surface area contributed by atoms with Gasteiger partial charge in [-0.05, 0) is 43.5 Å². The van der Waals surface area contributed by atoms with E-state index >= 15 is 0 Å². The predicted molar refractivity (Wildman–Crippen MR) is 110 cm³/mol. The van der Waals surface area contributed by atoms with Gasteiger partial charge in [-0.3, -0.25) is 9.78 Å². The van der Waals surface area contributed by atoms with Crippen LogP contribution in [0.5, 0.6) is 0 Å². The molecule has 0 saturated carbocycles. The van der Waals surface area contributed by atoms with Crippen LogP contribution in [0.1, 0.15) is 29.6 Å². The number of piperidine rings is 1. The largest absolute Gasteiger partial charge is 0.373 e. The summed E-state index contributed by atoms with van der Waals surface area (Å²) in [7, 11) is 0. The number of amides is 1. The number of thiazole rings is 1. The van der Waals surface area contributed by atoms with Crippen LogP contribution in [0.25, 0.3) is 10.9 Å². The van der Waals surface area contributed by atoms with E-state index < -0.39 is 0 Å². The monoisotopic (exact) mass is 394 g/mol. The molecule has 2 aliphatic rings. The normalized spacial score (nSPS) is 21.3. The number of hydrogen-bond donors (Lipinski definition) is 1. The van der Waals surface area contributed by atoms with Crippen LogP contribution in [0.2, 0.25) is 0 Å². The van der Waals surface area contributed by atoms with E-state index in [9.17, 15) is 4.79 Å². The van der Waals surface area contributed by atoms with Crippen LogP contribution < -0.4 is 5.32 Å². The molecule has 4 heterocycles.